The number of nitrogen functional groups attached to an aromatic ring is 1. The Hall–Kier alpha value is -4.15. The molecule has 0 spiro atoms. The standard InChI is InChI=1S/C19H21N9O2/c1-19(2,3)12-8-13(28-30-12)25-18(29)24-11-6-4-10(5-7-11)23-16-14-15(22-9-21-14)26-17(20)27-16/h4-9H,1-3H3,(H2,24,25,28,29)(H4,20,21,22,23,26,27). The number of fused-ring (bicyclic) bond motifs is 1. The maximum Gasteiger partial charge on any atom is 0.324 e. The number of imidazole rings is 1. The van der Waals surface area contributed by atoms with E-state index in [2.05, 4.69) is 41.0 Å². The molecule has 0 aliphatic rings. The first kappa shape index (κ1) is 19.2. The highest BCUT2D eigenvalue weighted by Crippen LogP contribution is 2.25. The largest absolute Gasteiger partial charge is 0.368 e. The molecule has 0 unspecified atom stereocenters. The number of benzene rings is 1. The van der Waals surface area contributed by atoms with Crippen LogP contribution in [0.3, 0.4) is 0 Å². The number of hydrogen-bond acceptors (Lipinski definition) is 8. The number of rotatable bonds is 4. The van der Waals surface area contributed by atoms with Crippen LogP contribution in [0.1, 0.15) is 26.5 Å². The van der Waals surface area contributed by atoms with E-state index in [0.717, 1.165) is 5.69 Å². The highest BCUT2D eigenvalue weighted by molar-refractivity contribution is 5.99. The minimum Gasteiger partial charge on any atom is -0.368 e. The van der Waals surface area contributed by atoms with Crippen molar-refractivity contribution < 1.29 is 9.32 Å². The summed E-state index contributed by atoms with van der Waals surface area (Å²) in [5, 5.41) is 12.4. The van der Waals surface area contributed by atoms with Gasteiger partial charge in [-0.25, -0.2) is 9.78 Å². The van der Waals surface area contributed by atoms with Gasteiger partial charge in [0.25, 0.3) is 0 Å². The molecule has 154 valence electrons. The van der Waals surface area contributed by atoms with Gasteiger partial charge in [-0.2, -0.15) is 9.97 Å². The Morgan fingerprint density at radius 3 is 2.53 bits per heavy atom. The SMILES string of the molecule is CC(C)(C)c1cc(NC(=O)Nc2ccc(Nc3nc(N)nc4nc[nH]c34)cc2)no1. The maximum absolute atomic E-state index is 12.2. The van der Waals surface area contributed by atoms with Crippen LogP contribution in [0.15, 0.2) is 41.2 Å². The van der Waals surface area contributed by atoms with Gasteiger partial charge >= 0.3 is 6.03 Å². The van der Waals surface area contributed by atoms with Crippen molar-refractivity contribution in [2.24, 2.45) is 0 Å². The summed E-state index contributed by atoms with van der Waals surface area (Å²) in [6.07, 6.45) is 1.52. The molecule has 6 N–H and O–H groups in total. The molecule has 4 rings (SSSR count). The quantitative estimate of drug-likeness (QED) is 0.343. The van der Waals surface area contributed by atoms with Crippen LogP contribution in [0, 0.1) is 0 Å². The molecule has 11 nitrogen and oxygen atoms in total. The second-order valence-electron chi connectivity index (χ2n) is 7.64. The van der Waals surface area contributed by atoms with Crippen LogP contribution in [-0.4, -0.2) is 31.1 Å². The minimum atomic E-state index is -0.424. The van der Waals surface area contributed by atoms with E-state index in [1.807, 2.05) is 20.8 Å². The van der Waals surface area contributed by atoms with Crippen molar-refractivity contribution >= 4 is 46.2 Å². The van der Waals surface area contributed by atoms with Crippen LogP contribution in [0.4, 0.5) is 33.8 Å². The highest BCUT2D eigenvalue weighted by Gasteiger charge is 2.20. The Kier molecular flexibility index (Phi) is 4.70. The lowest BCUT2D eigenvalue weighted by Gasteiger charge is -2.12. The lowest BCUT2D eigenvalue weighted by molar-refractivity contribution is 0.262. The Balaban J connectivity index is 1.40. The number of hydrogen-bond donors (Lipinski definition) is 5. The van der Waals surface area contributed by atoms with Gasteiger partial charge in [0.2, 0.25) is 5.95 Å². The summed E-state index contributed by atoms with van der Waals surface area (Å²) < 4.78 is 5.26. The van der Waals surface area contributed by atoms with Gasteiger partial charge in [-0.1, -0.05) is 25.9 Å². The summed E-state index contributed by atoms with van der Waals surface area (Å²) in [5.41, 5.74) is 8.01. The van der Waals surface area contributed by atoms with Crippen molar-refractivity contribution in [1.29, 1.82) is 0 Å². The summed E-state index contributed by atoms with van der Waals surface area (Å²) in [6.45, 7) is 6.00. The summed E-state index contributed by atoms with van der Waals surface area (Å²) in [7, 11) is 0. The molecule has 0 radical (unpaired) electrons. The number of H-pyrrole nitrogens is 1. The smallest absolute Gasteiger partial charge is 0.324 e. The maximum atomic E-state index is 12.2. The van der Waals surface area contributed by atoms with Crippen molar-refractivity contribution in [3.63, 3.8) is 0 Å². The molecule has 1 aromatic carbocycles. The average molecular weight is 407 g/mol. The zero-order valence-electron chi connectivity index (χ0n) is 16.6. The lowest BCUT2D eigenvalue weighted by Crippen LogP contribution is -2.19. The number of nitrogens with one attached hydrogen (secondary N) is 4. The van der Waals surface area contributed by atoms with Gasteiger partial charge in [0.05, 0.1) is 6.33 Å². The molecular formula is C19H21N9O2. The number of amides is 2. The van der Waals surface area contributed by atoms with E-state index in [0.29, 0.717) is 34.2 Å². The molecule has 0 fully saturated rings. The van der Waals surface area contributed by atoms with Crippen LogP contribution >= 0.6 is 0 Å². The summed E-state index contributed by atoms with van der Waals surface area (Å²) in [5.74, 6) is 1.66. The molecule has 0 atom stereocenters. The van der Waals surface area contributed by atoms with E-state index in [-0.39, 0.29) is 11.4 Å². The number of anilines is 5. The summed E-state index contributed by atoms with van der Waals surface area (Å²) in [4.78, 5) is 27.5. The molecule has 0 bridgehead atoms. The van der Waals surface area contributed by atoms with Crippen LogP contribution < -0.4 is 21.7 Å². The predicted molar refractivity (Wildman–Crippen MR) is 114 cm³/mol. The Bertz CT molecular complexity index is 1190. The molecule has 30 heavy (non-hydrogen) atoms. The van der Waals surface area contributed by atoms with Crippen LogP contribution in [0.5, 0.6) is 0 Å². The third-order valence-corrected chi connectivity index (χ3v) is 4.20. The fourth-order valence-corrected chi connectivity index (χ4v) is 2.68. The second-order valence-corrected chi connectivity index (χ2v) is 7.64. The van der Waals surface area contributed by atoms with Crippen molar-refractivity contribution in [3.8, 4) is 0 Å². The van der Waals surface area contributed by atoms with E-state index in [1.165, 1.54) is 6.33 Å². The lowest BCUT2D eigenvalue weighted by atomic mass is 9.93. The first-order chi connectivity index (χ1) is 14.3. The third kappa shape index (κ3) is 4.14. The van der Waals surface area contributed by atoms with Crippen LogP contribution in [-0.2, 0) is 5.41 Å². The molecule has 0 saturated heterocycles. The molecule has 11 heteroatoms. The molecule has 3 heterocycles. The normalized spacial score (nSPS) is 11.4. The van der Waals surface area contributed by atoms with E-state index < -0.39 is 6.03 Å². The summed E-state index contributed by atoms with van der Waals surface area (Å²) >= 11 is 0. The molecule has 0 aliphatic heterocycles. The fraction of sp³-hybridized carbons (Fsp3) is 0.211. The Labute approximate surface area is 171 Å². The molecule has 4 aromatic rings. The molecule has 3 aromatic heterocycles. The Morgan fingerprint density at radius 1 is 1.10 bits per heavy atom. The van der Waals surface area contributed by atoms with Gasteiger partial charge in [0.15, 0.2) is 17.3 Å². The molecule has 2 amide bonds. The van der Waals surface area contributed by atoms with Crippen LogP contribution in [0.25, 0.3) is 11.2 Å². The first-order valence-electron chi connectivity index (χ1n) is 9.17. The third-order valence-electron chi connectivity index (χ3n) is 4.20. The number of aromatic amines is 1. The zero-order valence-corrected chi connectivity index (χ0v) is 16.6. The van der Waals surface area contributed by atoms with E-state index in [1.54, 1.807) is 30.3 Å². The second kappa shape index (κ2) is 7.35. The monoisotopic (exact) mass is 407 g/mol. The number of nitrogens with zero attached hydrogens (tertiary/aromatic N) is 4. The van der Waals surface area contributed by atoms with Crippen LogP contribution in [0.2, 0.25) is 0 Å². The highest BCUT2D eigenvalue weighted by atomic mass is 16.5. The number of carbonyl (C=O) groups is 1. The van der Waals surface area contributed by atoms with E-state index in [9.17, 15) is 4.79 Å². The first-order valence-corrected chi connectivity index (χ1v) is 9.17. The number of urea groups is 1. The number of aromatic nitrogens is 5. The predicted octanol–water partition coefficient (Wildman–Crippen LogP) is 3.61. The molecule has 0 saturated carbocycles. The van der Waals surface area contributed by atoms with E-state index in [4.69, 9.17) is 10.3 Å². The van der Waals surface area contributed by atoms with Crippen molar-refractivity contribution in [2.75, 3.05) is 21.7 Å². The molecule has 0 aliphatic carbocycles. The molecular weight excluding hydrogens is 386 g/mol. The minimum absolute atomic E-state index is 0.120. The number of carbonyl (C=O) groups excluding carboxylic acids is 1. The fourth-order valence-electron chi connectivity index (χ4n) is 2.68. The van der Waals surface area contributed by atoms with Gasteiger partial charge in [-0.15, -0.1) is 0 Å². The van der Waals surface area contributed by atoms with Gasteiger partial charge in [0, 0.05) is 22.9 Å². The summed E-state index contributed by atoms with van der Waals surface area (Å²) in [6, 6.07) is 8.37. The van der Waals surface area contributed by atoms with Gasteiger partial charge in [-0.05, 0) is 24.3 Å². The zero-order chi connectivity index (χ0) is 21.3. The van der Waals surface area contributed by atoms with E-state index >= 15 is 0 Å². The van der Waals surface area contributed by atoms with Gasteiger partial charge < -0.3 is 25.9 Å². The topological polar surface area (TPSA) is 160 Å². The van der Waals surface area contributed by atoms with Gasteiger partial charge in [-0.3, -0.25) is 5.32 Å². The van der Waals surface area contributed by atoms with Crippen molar-refractivity contribution in [1.82, 2.24) is 25.1 Å². The average Bonchev–Trinajstić information content (AvgIpc) is 3.32. The number of nitrogens with two attached hydrogens (primary N) is 1. The van der Waals surface area contributed by atoms with Gasteiger partial charge in [0.1, 0.15) is 11.3 Å². The Morgan fingerprint density at radius 2 is 1.83 bits per heavy atom. The van der Waals surface area contributed by atoms with Crippen molar-refractivity contribution in [3.05, 3.63) is 42.4 Å². The van der Waals surface area contributed by atoms with Crippen molar-refractivity contribution in [2.45, 2.75) is 26.2 Å².